The summed E-state index contributed by atoms with van der Waals surface area (Å²) in [6.45, 7) is 4.26. The molecule has 1 aromatic heterocycles. The Balaban J connectivity index is 2.15. The van der Waals surface area contributed by atoms with Crippen LogP contribution in [-0.2, 0) is 11.9 Å². The Hall–Kier alpha value is -1.89. The molecule has 7 heteroatoms. The smallest absolute Gasteiger partial charge is 0.310 e. The van der Waals surface area contributed by atoms with Crippen molar-refractivity contribution in [3.63, 3.8) is 0 Å². The minimum atomic E-state index is -0.444. The summed E-state index contributed by atoms with van der Waals surface area (Å²) in [5.74, 6) is 0.260. The number of alkyl halides is 1. The van der Waals surface area contributed by atoms with Crippen LogP contribution in [0, 0.1) is 10.1 Å². The van der Waals surface area contributed by atoms with Crippen molar-refractivity contribution < 1.29 is 9.66 Å². The number of halogens is 1. The molecule has 112 valence electrons. The average Bonchev–Trinajstić information content (AvgIpc) is 2.93. The van der Waals surface area contributed by atoms with Gasteiger partial charge in [0.15, 0.2) is 5.75 Å². The molecule has 0 aliphatic rings. The summed E-state index contributed by atoms with van der Waals surface area (Å²) < 4.78 is 7.40. The maximum atomic E-state index is 11.0. The lowest BCUT2D eigenvalue weighted by atomic mass is 10.2. The van der Waals surface area contributed by atoms with Gasteiger partial charge >= 0.3 is 5.69 Å². The van der Waals surface area contributed by atoms with E-state index in [0.717, 1.165) is 11.3 Å². The van der Waals surface area contributed by atoms with Crippen molar-refractivity contribution >= 4 is 21.6 Å². The van der Waals surface area contributed by atoms with Crippen molar-refractivity contribution in [2.45, 2.75) is 31.8 Å². The van der Waals surface area contributed by atoms with Gasteiger partial charge in [-0.15, -0.1) is 0 Å². The molecule has 0 unspecified atom stereocenters. The van der Waals surface area contributed by atoms with Gasteiger partial charge in [-0.3, -0.25) is 14.8 Å². The lowest BCUT2D eigenvalue weighted by Crippen LogP contribution is -2.04. The molecule has 0 saturated heterocycles. The number of ether oxygens (including phenoxy) is 1. The molecule has 0 saturated carbocycles. The maximum Gasteiger partial charge on any atom is 0.310 e. The summed E-state index contributed by atoms with van der Waals surface area (Å²) in [6, 6.07) is 6.95. The highest BCUT2D eigenvalue weighted by atomic mass is 79.9. The molecule has 0 radical (unpaired) electrons. The van der Waals surface area contributed by atoms with E-state index in [4.69, 9.17) is 4.74 Å². The quantitative estimate of drug-likeness (QED) is 0.449. The Labute approximate surface area is 131 Å². The first-order chi connectivity index (χ1) is 10.0. The van der Waals surface area contributed by atoms with Gasteiger partial charge in [0.25, 0.3) is 0 Å². The molecule has 0 atom stereocenters. The number of nitrogens with zero attached hydrogens (tertiary/aromatic N) is 3. The van der Waals surface area contributed by atoms with Crippen molar-refractivity contribution in [3.05, 3.63) is 51.8 Å². The third-order valence-electron chi connectivity index (χ3n) is 2.94. The molecule has 2 aromatic rings. The Morgan fingerprint density at radius 1 is 1.43 bits per heavy atom. The number of rotatable bonds is 6. The van der Waals surface area contributed by atoms with Crippen molar-refractivity contribution in [1.82, 2.24) is 9.78 Å². The molecular weight excluding hydrogens is 338 g/mol. The Kier molecular flexibility index (Phi) is 4.95. The van der Waals surface area contributed by atoms with E-state index < -0.39 is 4.92 Å². The Morgan fingerprint density at radius 2 is 2.19 bits per heavy atom. The fraction of sp³-hybridized carbons (Fsp3) is 0.357. The summed E-state index contributed by atoms with van der Waals surface area (Å²) >= 11 is 3.33. The highest BCUT2D eigenvalue weighted by molar-refractivity contribution is 9.08. The van der Waals surface area contributed by atoms with Crippen LogP contribution in [0.25, 0.3) is 0 Å². The summed E-state index contributed by atoms with van der Waals surface area (Å²) in [6.07, 6.45) is 1.87. The standard InChI is InChI=1S/C14H16BrN3O3/c1-10(2)17-6-5-12(16-17)9-21-14-7-11(8-15)3-4-13(14)18(19)20/h3-7,10H,8-9H2,1-2H3. The van der Waals surface area contributed by atoms with Gasteiger partial charge in [0.1, 0.15) is 6.61 Å². The van der Waals surface area contributed by atoms with Gasteiger partial charge < -0.3 is 4.74 Å². The topological polar surface area (TPSA) is 70.2 Å². The molecule has 0 fully saturated rings. The molecule has 6 nitrogen and oxygen atoms in total. The Morgan fingerprint density at radius 3 is 2.76 bits per heavy atom. The number of hydrogen-bond acceptors (Lipinski definition) is 4. The molecule has 0 bridgehead atoms. The number of aromatic nitrogens is 2. The fourth-order valence-corrected chi connectivity index (χ4v) is 2.15. The molecular formula is C14H16BrN3O3. The zero-order chi connectivity index (χ0) is 15.4. The van der Waals surface area contributed by atoms with Crippen molar-refractivity contribution in [2.75, 3.05) is 0 Å². The van der Waals surface area contributed by atoms with Gasteiger partial charge in [-0.05, 0) is 31.5 Å². The maximum absolute atomic E-state index is 11.0. The number of nitro groups is 1. The lowest BCUT2D eigenvalue weighted by Gasteiger charge is -2.07. The number of hydrogen-bond donors (Lipinski definition) is 0. The van der Waals surface area contributed by atoms with E-state index in [0.29, 0.717) is 5.33 Å². The molecule has 2 rings (SSSR count). The van der Waals surface area contributed by atoms with E-state index in [1.807, 2.05) is 30.8 Å². The highest BCUT2D eigenvalue weighted by Gasteiger charge is 2.16. The van der Waals surface area contributed by atoms with Gasteiger partial charge in [-0.25, -0.2) is 0 Å². The van der Waals surface area contributed by atoms with Gasteiger partial charge in [0, 0.05) is 23.6 Å². The van der Waals surface area contributed by atoms with E-state index in [1.165, 1.54) is 6.07 Å². The predicted octanol–water partition coefficient (Wildman–Crippen LogP) is 3.85. The second-order valence-corrected chi connectivity index (χ2v) is 5.42. The highest BCUT2D eigenvalue weighted by Crippen LogP contribution is 2.29. The molecule has 1 aromatic carbocycles. The van der Waals surface area contributed by atoms with Gasteiger partial charge in [0.2, 0.25) is 0 Å². The van der Waals surface area contributed by atoms with Crippen LogP contribution >= 0.6 is 15.9 Å². The van der Waals surface area contributed by atoms with Crippen molar-refractivity contribution in [3.8, 4) is 5.75 Å². The van der Waals surface area contributed by atoms with Crippen LogP contribution in [0.1, 0.15) is 31.1 Å². The third kappa shape index (κ3) is 3.81. The van der Waals surface area contributed by atoms with Gasteiger partial charge in [-0.1, -0.05) is 22.0 Å². The van der Waals surface area contributed by atoms with Crippen LogP contribution in [0.15, 0.2) is 30.5 Å². The summed E-state index contributed by atoms with van der Waals surface area (Å²) in [4.78, 5) is 10.6. The predicted molar refractivity (Wildman–Crippen MR) is 82.7 cm³/mol. The summed E-state index contributed by atoms with van der Waals surface area (Å²) in [7, 11) is 0. The number of benzene rings is 1. The van der Waals surface area contributed by atoms with E-state index in [9.17, 15) is 10.1 Å². The second kappa shape index (κ2) is 6.71. The van der Waals surface area contributed by atoms with Gasteiger partial charge in [0.05, 0.1) is 10.6 Å². The molecule has 0 aliphatic heterocycles. The molecule has 0 amide bonds. The molecule has 21 heavy (non-hydrogen) atoms. The minimum absolute atomic E-state index is 0.0389. The largest absolute Gasteiger partial charge is 0.480 e. The van der Waals surface area contributed by atoms with E-state index >= 15 is 0 Å². The zero-order valence-corrected chi connectivity index (χ0v) is 13.4. The van der Waals surface area contributed by atoms with E-state index in [2.05, 4.69) is 21.0 Å². The van der Waals surface area contributed by atoms with Crippen LogP contribution in [-0.4, -0.2) is 14.7 Å². The normalized spacial score (nSPS) is 10.9. The molecule has 0 N–H and O–H groups in total. The van der Waals surface area contributed by atoms with Crippen LogP contribution in [0.4, 0.5) is 5.69 Å². The SMILES string of the molecule is CC(C)n1ccc(COc2cc(CBr)ccc2[N+](=O)[O-])n1. The minimum Gasteiger partial charge on any atom is -0.480 e. The number of nitro benzene ring substituents is 1. The monoisotopic (exact) mass is 353 g/mol. The third-order valence-corrected chi connectivity index (χ3v) is 3.59. The summed E-state index contributed by atoms with van der Waals surface area (Å²) in [5, 5.41) is 16.0. The van der Waals surface area contributed by atoms with Crippen LogP contribution in [0.3, 0.4) is 0 Å². The fourth-order valence-electron chi connectivity index (χ4n) is 1.80. The van der Waals surface area contributed by atoms with Crippen LogP contribution in [0.5, 0.6) is 5.75 Å². The van der Waals surface area contributed by atoms with E-state index in [1.54, 1.807) is 12.1 Å². The first-order valence-corrected chi connectivity index (χ1v) is 7.63. The van der Waals surface area contributed by atoms with E-state index in [-0.39, 0.29) is 24.1 Å². The molecule has 0 spiro atoms. The molecule has 0 aliphatic carbocycles. The second-order valence-electron chi connectivity index (χ2n) is 4.86. The summed E-state index contributed by atoms with van der Waals surface area (Å²) in [5.41, 5.74) is 1.62. The van der Waals surface area contributed by atoms with Gasteiger partial charge in [-0.2, -0.15) is 5.10 Å². The van der Waals surface area contributed by atoms with Crippen molar-refractivity contribution in [2.24, 2.45) is 0 Å². The lowest BCUT2D eigenvalue weighted by molar-refractivity contribution is -0.386. The molecule has 1 heterocycles. The van der Waals surface area contributed by atoms with Crippen molar-refractivity contribution in [1.29, 1.82) is 0 Å². The average molecular weight is 354 g/mol. The zero-order valence-electron chi connectivity index (χ0n) is 11.8. The first kappa shape index (κ1) is 15.5. The van der Waals surface area contributed by atoms with Crippen LogP contribution < -0.4 is 4.74 Å². The Bertz CT molecular complexity index is 640. The van der Waals surface area contributed by atoms with Crippen LogP contribution in [0.2, 0.25) is 0 Å². The first-order valence-electron chi connectivity index (χ1n) is 6.51.